The Morgan fingerprint density at radius 2 is 1.67 bits per heavy atom. The van der Waals surface area contributed by atoms with Gasteiger partial charge in [-0.1, -0.05) is 73.7 Å². The zero-order valence-electron chi connectivity index (χ0n) is 17.5. The number of rotatable bonds is 4. The van der Waals surface area contributed by atoms with E-state index >= 15 is 0 Å². The van der Waals surface area contributed by atoms with Gasteiger partial charge in [0.15, 0.2) is 14.1 Å². The number of benzene rings is 1. The summed E-state index contributed by atoms with van der Waals surface area (Å²) < 4.78 is 25.8. The van der Waals surface area contributed by atoms with E-state index in [0.29, 0.717) is 6.61 Å². The van der Waals surface area contributed by atoms with Gasteiger partial charge in [-0.15, -0.1) is 0 Å². The van der Waals surface area contributed by atoms with E-state index in [4.69, 9.17) is 18.6 Å². The molecule has 0 amide bonds. The van der Waals surface area contributed by atoms with Crippen LogP contribution in [0, 0.1) is 0 Å². The van der Waals surface area contributed by atoms with Gasteiger partial charge in [0.25, 0.3) is 0 Å². The molecule has 2 aliphatic rings. The molecule has 0 bridgehead atoms. The van der Waals surface area contributed by atoms with Crippen molar-refractivity contribution in [3.05, 3.63) is 35.9 Å². The van der Waals surface area contributed by atoms with Crippen molar-refractivity contribution in [1.29, 1.82) is 0 Å². The molecule has 2 saturated heterocycles. The summed E-state index contributed by atoms with van der Waals surface area (Å²) in [6, 6.07) is 10.4. The molecule has 0 radical (unpaired) electrons. The molecule has 27 heavy (non-hydrogen) atoms. The average molecular weight is 504 g/mol. The number of alkyl halides is 1. The molecule has 0 saturated carbocycles. The molecule has 2 fully saturated rings. The first-order valence-electron chi connectivity index (χ1n) is 9.75. The van der Waals surface area contributed by atoms with Crippen LogP contribution in [0.5, 0.6) is 0 Å². The van der Waals surface area contributed by atoms with Crippen LogP contribution in [0.25, 0.3) is 0 Å². The van der Waals surface area contributed by atoms with Crippen LogP contribution in [0.3, 0.4) is 0 Å². The van der Waals surface area contributed by atoms with Gasteiger partial charge in [-0.3, -0.25) is 0 Å². The molecule has 1 aromatic rings. The SMILES string of the molecule is CC1(C)O[C@@H]2[C@@H](I)[C@H](c3ccccc3)O[C@H](CO[Si](C)(C)C(C)(C)C)[C@H]2O1. The number of hydrogen-bond acceptors (Lipinski definition) is 4. The first-order valence-corrected chi connectivity index (χ1v) is 13.9. The van der Waals surface area contributed by atoms with E-state index in [2.05, 4.69) is 80.7 Å². The summed E-state index contributed by atoms with van der Waals surface area (Å²) in [6.07, 6.45) is -0.278. The number of halogens is 1. The van der Waals surface area contributed by atoms with Gasteiger partial charge in [-0.05, 0) is 37.5 Å². The van der Waals surface area contributed by atoms with Crippen molar-refractivity contribution < 1.29 is 18.6 Å². The Morgan fingerprint density at radius 1 is 1.07 bits per heavy atom. The van der Waals surface area contributed by atoms with Crippen LogP contribution in [0.1, 0.15) is 46.3 Å². The minimum atomic E-state index is -1.87. The maximum absolute atomic E-state index is 6.58. The van der Waals surface area contributed by atoms with Gasteiger partial charge in [-0.2, -0.15) is 0 Å². The van der Waals surface area contributed by atoms with Gasteiger partial charge in [0.1, 0.15) is 18.3 Å². The smallest absolute Gasteiger partial charge is 0.192 e. The number of ether oxygens (including phenoxy) is 3. The van der Waals surface area contributed by atoms with E-state index in [1.54, 1.807) is 0 Å². The molecule has 3 rings (SSSR count). The van der Waals surface area contributed by atoms with Crippen LogP contribution in [-0.2, 0) is 18.6 Å². The number of fused-ring (bicyclic) bond motifs is 1. The van der Waals surface area contributed by atoms with Gasteiger partial charge < -0.3 is 18.6 Å². The van der Waals surface area contributed by atoms with E-state index in [0.717, 1.165) is 0 Å². The van der Waals surface area contributed by atoms with Crippen LogP contribution in [-0.4, -0.2) is 42.9 Å². The van der Waals surface area contributed by atoms with E-state index in [1.165, 1.54) is 5.56 Å². The Kier molecular flexibility index (Phi) is 6.18. The molecule has 0 aromatic heterocycles. The fourth-order valence-electron chi connectivity index (χ4n) is 3.41. The van der Waals surface area contributed by atoms with Gasteiger partial charge in [0, 0.05) is 0 Å². The third kappa shape index (κ3) is 4.61. The standard InChI is InChI=1S/C21H33IO4Si/c1-20(2,3)27(6,7)23-13-15-18-19(26-21(4,5)25-18)16(22)17(24-15)14-11-9-8-10-12-14/h8-12,15-19H,13H2,1-7H3/t15-,16+,17+,18-,19-/m1/s1. The zero-order valence-corrected chi connectivity index (χ0v) is 20.6. The lowest BCUT2D eigenvalue weighted by atomic mass is 9.94. The molecular weight excluding hydrogens is 471 g/mol. The highest BCUT2D eigenvalue weighted by Gasteiger charge is 2.55. The highest BCUT2D eigenvalue weighted by Crippen LogP contribution is 2.46. The van der Waals surface area contributed by atoms with E-state index in [-0.39, 0.29) is 33.4 Å². The van der Waals surface area contributed by atoms with E-state index < -0.39 is 14.1 Å². The van der Waals surface area contributed by atoms with Crippen LogP contribution in [0.4, 0.5) is 0 Å². The minimum Gasteiger partial charge on any atom is -0.414 e. The molecule has 2 aliphatic heterocycles. The molecule has 1 aromatic carbocycles. The molecule has 2 heterocycles. The fourth-order valence-corrected chi connectivity index (χ4v) is 5.57. The minimum absolute atomic E-state index is 0.00688. The van der Waals surface area contributed by atoms with Crippen molar-refractivity contribution in [1.82, 2.24) is 0 Å². The van der Waals surface area contributed by atoms with Crippen molar-refractivity contribution in [2.45, 2.75) is 86.9 Å². The lowest BCUT2D eigenvalue weighted by Crippen LogP contribution is -2.53. The third-order valence-corrected chi connectivity index (χ3v) is 11.9. The molecule has 0 spiro atoms. The Morgan fingerprint density at radius 3 is 2.26 bits per heavy atom. The zero-order chi connectivity index (χ0) is 20.0. The monoisotopic (exact) mass is 504 g/mol. The van der Waals surface area contributed by atoms with Crippen LogP contribution < -0.4 is 0 Å². The summed E-state index contributed by atoms with van der Waals surface area (Å²) in [5.41, 5.74) is 1.18. The summed E-state index contributed by atoms with van der Waals surface area (Å²) in [6.45, 7) is 15.8. The van der Waals surface area contributed by atoms with Gasteiger partial charge in [0.05, 0.1) is 16.6 Å². The van der Waals surface area contributed by atoms with Crippen molar-refractivity contribution in [3.8, 4) is 0 Å². The Bertz CT molecular complexity index is 643. The molecule has 152 valence electrons. The third-order valence-electron chi connectivity index (χ3n) is 6.00. The summed E-state index contributed by atoms with van der Waals surface area (Å²) >= 11 is 2.46. The second-order valence-electron chi connectivity index (χ2n) is 9.59. The Labute approximate surface area is 178 Å². The molecule has 6 heteroatoms. The topological polar surface area (TPSA) is 36.9 Å². The molecule has 0 unspecified atom stereocenters. The second-order valence-corrected chi connectivity index (χ2v) is 15.8. The van der Waals surface area contributed by atoms with Crippen molar-refractivity contribution >= 4 is 30.9 Å². The largest absolute Gasteiger partial charge is 0.414 e. The quantitative estimate of drug-likeness (QED) is 0.310. The highest BCUT2D eigenvalue weighted by molar-refractivity contribution is 14.1. The van der Waals surface area contributed by atoms with Crippen LogP contribution in [0.2, 0.25) is 18.1 Å². The van der Waals surface area contributed by atoms with Crippen LogP contribution >= 0.6 is 22.6 Å². The first kappa shape index (κ1) is 21.7. The molecule has 4 nitrogen and oxygen atoms in total. The van der Waals surface area contributed by atoms with Crippen LogP contribution in [0.15, 0.2) is 30.3 Å². The predicted molar refractivity (Wildman–Crippen MR) is 119 cm³/mol. The lowest BCUT2D eigenvalue weighted by molar-refractivity contribution is -0.164. The van der Waals surface area contributed by atoms with Gasteiger partial charge in [0.2, 0.25) is 0 Å². The molecule has 5 atom stereocenters. The maximum Gasteiger partial charge on any atom is 0.192 e. The fraction of sp³-hybridized carbons (Fsp3) is 0.714. The van der Waals surface area contributed by atoms with Crippen molar-refractivity contribution in [2.24, 2.45) is 0 Å². The lowest BCUT2D eigenvalue weighted by Gasteiger charge is -2.43. The molecular formula is C21H33IO4Si. The first-order chi connectivity index (χ1) is 12.4. The summed E-state index contributed by atoms with van der Waals surface area (Å²) in [5.74, 6) is -0.594. The summed E-state index contributed by atoms with van der Waals surface area (Å²) in [7, 11) is -1.87. The summed E-state index contributed by atoms with van der Waals surface area (Å²) in [5, 5.41) is 0.165. The summed E-state index contributed by atoms with van der Waals surface area (Å²) in [4.78, 5) is 0. The predicted octanol–water partition coefficient (Wildman–Crippen LogP) is 5.47. The molecule has 0 N–H and O–H groups in total. The maximum atomic E-state index is 6.58. The van der Waals surface area contributed by atoms with Crippen molar-refractivity contribution in [3.63, 3.8) is 0 Å². The highest BCUT2D eigenvalue weighted by atomic mass is 127. The van der Waals surface area contributed by atoms with Gasteiger partial charge >= 0.3 is 0 Å². The molecule has 0 aliphatic carbocycles. The Hall–Kier alpha value is 0.00688. The average Bonchev–Trinajstić information content (AvgIpc) is 2.90. The second kappa shape index (κ2) is 7.68. The Balaban J connectivity index is 1.83. The van der Waals surface area contributed by atoms with E-state index in [9.17, 15) is 0 Å². The number of hydrogen-bond donors (Lipinski definition) is 0. The normalized spacial score (nSPS) is 33.7. The van der Waals surface area contributed by atoms with E-state index in [1.807, 2.05) is 19.9 Å². The van der Waals surface area contributed by atoms with Gasteiger partial charge in [-0.25, -0.2) is 0 Å². The van der Waals surface area contributed by atoms with Crippen molar-refractivity contribution in [2.75, 3.05) is 6.61 Å².